The summed E-state index contributed by atoms with van der Waals surface area (Å²) in [4.78, 5) is 0. The van der Waals surface area contributed by atoms with Crippen molar-refractivity contribution in [3.63, 3.8) is 0 Å². The number of aliphatic hydroxyl groups is 1. The number of rotatable bonds is 8. The van der Waals surface area contributed by atoms with Crippen LogP contribution in [0, 0.1) is 23.0 Å². The fraction of sp³-hybridized carbons (Fsp3) is 0.296. The molecule has 0 aliphatic carbocycles. The van der Waals surface area contributed by atoms with E-state index in [-0.39, 0.29) is 17.5 Å². The van der Waals surface area contributed by atoms with Gasteiger partial charge in [-0.3, -0.25) is 0 Å². The number of hydrogen-bond acceptors (Lipinski definition) is 3. The van der Waals surface area contributed by atoms with Crippen LogP contribution in [0.25, 0.3) is 0 Å². The summed E-state index contributed by atoms with van der Waals surface area (Å²) >= 11 is 6.04. The molecule has 0 aromatic heterocycles. The highest BCUT2D eigenvalue weighted by atomic mass is 35.5. The summed E-state index contributed by atoms with van der Waals surface area (Å²) in [5.74, 6) is -1.50. The number of benzene rings is 3. The van der Waals surface area contributed by atoms with Crippen LogP contribution in [0.15, 0.2) is 66.7 Å². The second-order valence-electron chi connectivity index (χ2n) is 8.88. The zero-order valence-electron chi connectivity index (χ0n) is 18.8. The lowest BCUT2D eigenvalue weighted by atomic mass is 9.83. The first kappa shape index (κ1) is 24.9. The zero-order chi connectivity index (χ0) is 24.2. The van der Waals surface area contributed by atoms with Crippen LogP contribution in [0.1, 0.15) is 55.0 Å². The first-order chi connectivity index (χ1) is 15.6. The highest BCUT2D eigenvalue weighted by Crippen LogP contribution is 2.32. The average molecular weight is 469 g/mol. The maximum absolute atomic E-state index is 14.6. The van der Waals surface area contributed by atoms with E-state index < -0.39 is 23.3 Å². The van der Waals surface area contributed by atoms with Crippen molar-refractivity contribution in [2.24, 2.45) is 0 Å². The van der Waals surface area contributed by atoms with E-state index in [1.807, 2.05) is 49.4 Å². The third kappa shape index (κ3) is 6.39. The summed E-state index contributed by atoms with van der Waals surface area (Å²) in [6.07, 6.45) is 0.630. The second-order valence-corrected chi connectivity index (χ2v) is 9.32. The lowest BCUT2D eigenvalue weighted by Crippen LogP contribution is -2.46. The molecular formula is C27H27ClF2N2O. The SMILES string of the molecule is C[C@H](N[C@@H](c1ccc(F)cc1F)C(C)(C)O)C(Cc1ccc(Cl)cc1)c1cccc(C#N)c1. The van der Waals surface area contributed by atoms with Crippen molar-refractivity contribution in [3.8, 4) is 6.07 Å². The molecule has 6 heteroatoms. The Balaban J connectivity index is 1.98. The molecule has 172 valence electrons. The summed E-state index contributed by atoms with van der Waals surface area (Å²) in [6.45, 7) is 5.13. The Morgan fingerprint density at radius 2 is 1.76 bits per heavy atom. The van der Waals surface area contributed by atoms with Crippen molar-refractivity contribution in [3.05, 3.63) is 106 Å². The monoisotopic (exact) mass is 468 g/mol. The maximum Gasteiger partial charge on any atom is 0.131 e. The van der Waals surface area contributed by atoms with Gasteiger partial charge in [0.2, 0.25) is 0 Å². The van der Waals surface area contributed by atoms with Crippen molar-refractivity contribution in [1.82, 2.24) is 5.32 Å². The average Bonchev–Trinajstić information content (AvgIpc) is 2.76. The minimum absolute atomic E-state index is 0.104. The Kier molecular flexibility index (Phi) is 7.86. The molecule has 0 aliphatic rings. The van der Waals surface area contributed by atoms with Gasteiger partial charge in [-0.25, -0.2) is 8.78 Å². The molecular weight excluding hydrogens is 442 g/mol. The van der Waals surface area contributed by atoms with E-state index in [4.69, 9.17) is 11.6 Å². The lowest BCUT2D eigenvalue weighted by Gasteiger charge is -2.36. The molecule has 0 spiro atoms. The summed E-state index contributed by atoms with van der Waals surface area (Å²) in [6, 6.07) is 19.4. The maximum atomic E-state index is 14.6. The van der Waals surface area contributed by atoms with Crippen molar-refractivity contribution in [2.45, 2.75) is 50.8 Å². The normalized spacial score (nSPS) is 14.4. The second kappa shape index (κ2) is 10.4. The Bertz CT molecular complexity index is 1140. The summed E-state index contributed by atoms with van der Waals surface area (Å²) in [5.41, 5.74) is 1.40. The molecule has 1 unspecified atom stereocenters. The third-order valence-electron chi connectivity index (χ3n) is 5.83. The van der Waals surface area contributed by atoms with E-state index in [2.05, 4.69) is 11.4 Å². The summed E-state index contributed by atoms with van der Waals surface area (Å²) < 4.78 is 28.2. The highest BCUT2D eigenvalue weighted by Gasteiger charge is 2.34. The highest BCUT2D eigenvalue weighted by molar-refractivity contribution is 6.30. The Morgan fingerprint density at radius 1 is 1.06 bits per heavy atom. The van der Waals surface area contributed by atoms with E-state index >= 15 is 0 Å². The zero-order valence-corrected chi connectivity index (χ0v) is 19.6. The van der Waals surface area contributed by atoms with Crippen molar-refractivity contribution in [1.29, 1.82) is 5.26 Å². The van der Waals surface area contributed by atoms with Gasteiger partial charge >= 0.3 is 0 Å². The van der Waals surface area contributed by atoms with E-state index in [0.717, 1.165) is 17.2 Å². The lowest BCUT2D eigenvalue weighted by molar-refractivity contribution is 0.0302. The van der Waals surface area contributed by atoms with Crippen LogP contribution in [0.3, 0.4) is 0 Å². The van der Waals surface area contributed by atoms with Crippen molar-refractivity contribution >= 4 is 11.6 Å². The van der Waals surface area contributed by atoms with Gasteiger partial charge in [-0.2, -0.15) is 5.26 Å². The van der Waals surface area contributed by atoms with Gasteiger partial charge in [0.1, 0.15) is 11.6 Å². The number of halogens is 3. The van der Waals surface area contributed by atoms with Crippen LogP contribution < -0.4 is 5.32 Å². The number of hydrogen-bond donors (Lipinski definition) is 2. The van der Waals surface area contributed by atoms with Gasteiger partial charge in [0.05, 0.1) is 23.3 Å². The summed E-state index contributed by atoms with van der Waals surface area (Å²) in [7, 11) is 0. The van der Waals surface area contributed by atoms with Gasteiger partial charge in [0, 0.05) is 28.6 Å². The number of nitrogens with one attached hydrogen (secondary N) is 1. The van der Waals surface area contributed by atoms with Crippen LogP contribution in [0.4, 0.5) is 8.78 Å². The molecule has 3 rings (SSSR count). The molecule has 0 amide bonds. The minimum atomic E-state index is -1.33. The Labute approximate surface area is 198 Å². The van der Waals surface area contributed by atoms with Crippen LogP contribution in [-0.2, 0) is 6.42 Å². The van der Waals surface area contributed by atoms with Crippen LogP contribution in [-0.4, -0.2) is 16.7 Å². The smallest absolute Gasteiger partial charge is 0.131 e. The molecule has 3 nitrogen and oxygen atoms in total. The quantitative estimate of drug-likeness (QED) is 0.407. The number of nitrogens with zero attached hydrogens (tertiary/aromatic N) is 1. The topological polar surface area (TPSA) is 56.0 Å². The van der Waals surface area contributed by atoms with Crippen LogP contribution in [0.2, 0.25) is 5.02 Å². The van der Waals surface area contributed by atoms with Gasteiger partial charge in [-0.15, -0.1) is 0 Å². The molecule has 2 N–H and O–H groups in total. The van der Waals surface area contributed by atoms with Gasteiger partial charge < -0.3 is 10.4 Å². The molecule has 0 fully saturated rings. The molecule has 33 heavy (non-hydrogen) atoms. The van der Waals surface area contributed by atoms with E-state index in [0.29, 0.717) is 17.0 Å². The minimum Gasteiger partial charge on any atom is -0.388 e. The molecule has 0 saturated heterocycles. The van der Waals surface area contributed by atoms with E-state index in [9.17, 15) is 19.1 Å². The van der Waals surface area contributed by atoms with E-state index in [1.165, 1.54) is 12.1 Å². The molecule has 3 aromatic rings. The summed E-state index contributed by atoms with van der Waals surface area (Å²) in [5, 5.41) is 24.2. The fourth-order valence-electron chi connectivity index (χ4n) is 4.09. The molecule has 0 heterocycles. The van der Waals surface area contributed by atoms with Gasteiger partial charge in [0.15, 0.2) is 0 Å². The molecule has 3 aromatic carbocycles. The number of nitriles is 1. The van der Waals surface area contributed by atoms with Crippen molar-refractivity contribution < 1.29 is 13.9 Å². The largest absolute Gasteiger partial charge is 0.388 e. The predicted octanol–water partition coefficient (Wildman–Crippen LogP) is 6.31. The molecule has 0 saturated carbocycles. The van der Waals surface area contributed by atoms with Gasteiger partial charge in [-0.1, -0.05) is 41.9 Å². The molecule has 3 atom stereocenters. The Morgan fingerprint density at radius 3 is 2.36 bits per heavy atom. The predicted molar refractivity (Wildman–Crippen MR) is 127 cm³/mol. The fourth-order valence-corrected chi connectivity index (χ4v) is 4.21. The van der Waals surface area contributed by atoms with Gasteiger partial charge in [-0.05, 0) is 68.7 Å². The Hall–Kier alpha value is -2.78. The van der Waals surface area contributed by atoms with Crippen LogP contribution in [0.5, 0.6) is 0 Å². The molecule has 0 aliphatic heterocycles. The van der Waals surface area contributed by atoms with Crippen molar-refractivity contribution in [2.75, 3.05) is 0 Å². The first-order valence-corrected chi connectivity index (χ1v) is 11.1. The van der Waals surface area contributed by atoms with Gasteiger partial charge in [0.25, 0.3) is 0 Å². The first-order valence-electron chi connectivity index (χ1n) is 10.8. The van der Waals surface area contributed by atoms with Crippen LogP contribution >= 0.6 is 11.6 Å². The standard InChI is InChI=1S/C27H27ClF2N2O/c1-17(32-26(27(2,3)33)23-12-11-22(29)15-25(23)30)24(14-18-7-9-21(28)10-8-18)20-6-4-5-19(13-20)16-31/h4-13,15,17,24,26,32-33H,14H2,1-3H3/t17-,24?,26-/m0/s1. The van der Waals surface area contributed by atoms with E-state index in [1.54, 1.807) is 19.9 Å². The molecule has 0 bridgehead atoms. The third-order valence-corrected chi connectivity index (χ3v) is 6.08. The molecule has 0 radical (unpaired) electrons.